The van der Waals surface area contributed by atoms with Crippen molar-refractivity contribution in [3.63, 3.8) is 0 Å². The molecule has 0 unspecified atom stereocenters. The van der Waals surface area contributed by atoms with Gasteiger partial charge in [0.25, 0.3) is 10.1 Å². The van der Waals surface area contributed by atoms with Gasteiger partial charge >= 0.3 is 0 Å². The quantitative estimate of drug-likeness (QED) is 0.147. The smallest absolute Gasteiger partial charge is 0.297 e. The van der Waals surface area contributed by atoms with Crippen molar-refractivity contribution in [1.29, 1.82) is 0 Å². The minimum Gasteiger partial charge on any atom is -0.391 e. The summed E-state index contributed by atoms with van der Waals surface area (Å²) in [5.41, 5.74) is 4.89. The van der Waals surface area contributed by atoms with Crippen LogP contribution < -0.4 is 10.6 Å². The highest BCUT2D eigenvalue weighted by atomic mass is 32.2. The van der Waals surface area contributed by atoms with E-state index in [4.69, 9.17) is 13.7 Å². The molecule has 0 bridgehead atoms. The summed E-state index contributed by atoms with van der Waals surface area (Å²) in [4.78, 5) is 46.7. The molecular weight excluding hydrogens is 685 g/mol. The van der Waals surface area contributed by atoms with Crippen molar-refractivity contribution >= 4 is 39.2 Å². The zero-order chi connectivity index (χ0) is 36.5. The van der Waals surface area contributed by atoms with Crippen molar-refractivity contribution in [2.75, 3.05) is 39.6 Å². The van der Waals surface area contributed by atoms with Gasteiger partial charge in [0.1, 0.15) is 18.7 Å². The lowest BCUT2D eigenvalue weighted by Gasteiger charge is -2.35. The first-order valence-corrected chi connectivity index (χ1v) is 18.6. The van der Waals surface area contributed by atoms with Crippen LogP contribution in [0.2, 0.25) is 0 Å². The topological polar surface area (TPSA) is 173 Å². The van der Waals surface area contributed by atoms with E-state index in [9.17, 15) is 27.9 Å². The van der Waals surface area contributed by atoms with Crippen LogP contribution in [0.25, 0.3) is 10.4 Å². The van der Waals surface area contributed by atoms with Gasteiger partial charge in [-0.1, -0.05) is 62.7 Å². The number of hydrogen-bond donors (Lipinski definition) is 3. The van der Waals surface area contributed by atoms with E-state index in [0.29, 0.717) is 0 Å². The Hall–Kier alpha value is -3.73. The summed E-state index contributed by atoms with van der Waals surface area (Å²) in [5.74, 6) is -1.41. The number of aliphatic hydroxyl groups is 1. The second-order valence-corrected chi connectivity index (χ2v) is 15.7. The summed E-state index contributed by atoms with van der Waals surface area (Å²) >= 11 is 1.56. The first-order chi connectivity index (χ1) is 23.7. The van der Waals surface area contributed by atoms with E-state index in [0.717, 1.165) is 27.3 Å². The Morgan fingerprint density at radius 3 is 2.30 bits per heavy atom. The molecule has 3 N–H and O–H groups in total. The van der Waals surface area contributed by atoms with Gasteiger partial charge in [-0.05, 0) is 42.5 Å². The predicted molar refractivity (Wildman–Crippen MR) is 188 cm³/mol. The van der Waals surface area contributed by atoms with Gasteiger partial charge in [0.05, 0.1) is 53.5 Å². The fourth-order valence-corrected chi connectivity index (χ4v) is 7.05. The summed E-state index contributed by atoms with van der Waals surface area (Å²) in [6.45, 7) is 9.00. The second kappa shape index (κ2) is 17.5. The van der Waals surface area contributed by atoms with Gasteiger partial charge in [0.15, 0.2) is 0 Å². The third-order valence-corrected chi connectivity index (χ3v) is 10.4. The van der Waals surface area contributed by atoms with Gasteiger partial charge in [-0.3, -0.25) is 18.6 Å². The first-order valence-electron chi connectivity index (χ1n) is 16.3. The normalized spacial score (nSPS) is 17.0. The maximum absolute atomic E-state index is 13.8. The Labute approximate surface area is 297 Å². The van der Waals surface area contributed by atoms with Crippen LogP contribution in [0.1, 0.15) is 44.0 Å². The number of thiazole rings is 1. The van der Waals surface area contributed by atoms with Crippen LogP contribution in [0.5, 0.6) is 0 Å². The number of carbonyl (C=O) groups excluding carboxylic acids is 3. The number of likely N-dealkylation sites (tertiary alicyclic amines) is 1. The number of β-amino-alcohol motifs (C(OH)–C–C–N with tert-alkyl or cyclic N) is 1. The Morgan fingerprint density at radius 1 is 1.00 bits per heavy atom. The Morgan fingerprint density at radius 2 is 1.66 bits per heavy atom. The molecule has 1 fully saturated rings. The number of aliphatic hydroxyl groups excluding tert-OH is 1. The van der Waals surface area contributed by atoms with E-state index in [-0.39, 0.29) is 57.4 Å². The number of hydrogen-bond acceptors (Lipinski definition) is 11. The largest absolute Gasteiger partial charge is 0.391 e. The Kier molecular flexibility index (Phi) is 13.6. The van der Waals surface area contributed by atoms with Crippen LogP contribution in [0.3, 0.4) is 0 Å². The Bertz CT molecular complexity index is 1700. The zero-order valence-corrected chi connectivity index (χ0v) is 30.6. The number of amides is 3. The summed E-state index contributed by atoms with van der Waals surface area (Å²) in [5, 5.41) is 16.1. The molecule has 1 aromatic heterocycles. The molecule has 3 amide bonds. The average Bonchev–Trinajstić information content (AvgIpc) is 3.68. The molecule has 1 aliphatic heterocycles. The van der Waals surface area contributed by atoms with E-state index < -0.39 is 51.4 Å². The molecule has 0 spiro atoms. The van der Waals surface area contributed by atoms with Crippen LogP contribution in [-0.2, 0) is 44.7 Å². The number of rotatable bonds is 16. The molecule has 4 rings (SSSR count). The highest BCUT2D eigenvalue weighted by molar-refractivity contribution is 7.86. The third-order valence-electron chi connectivity index (χ3n) is 8.09. The van der Waals surface area contributed by atoms with Gasteiger partial charge in [-0.25, -0.2) is 4.98 Å². The molecule has 0 saturated carbocycles. The van der Waals surface area contributed by atoms with Gasteiger partial charge in [-0.2, -0.15) is 8.42 Å². The lowest BCUT2D eigenvalue weighted by Crippen LogP contribution is -2.58. The minimum absolute atomic E-state index is 0.00279. The lowest BCUT2D eigenvalue weighted by molar-refractivity contribution is -0.144. The average molecular weight is 731 g/mol. The molecular formula is C35H46N4O9S2. The summed E-state index contributed by atoms with van der Waals surface area (Å²) in [6.07, 6.45) is -0.803. The highest BCUT2D eigenvalue weighted by Gasteiger charge is 2.44. The van der Waals surface area contributed by atoms with Crippen molar-refractivity contribution < 1.29 is 41.6 Å². The fourth-order valence-electron chi connectivity index (χ4n) is 5.34. The summed E-state index contributed by atoms with van der Waals surface area (Å²) < 4.78 is 40.2. The molecule has 15 heteroatoms. The van der Waals surface area contributed by atoms with Crippen LogP contribution in [0, 0.1) is 19.3 Å². The standard InChI is InChI=1S/C35H46N4O9S2/c1-23-6-12-28(13-7-23)50(44,45)48-17-16-46-14-15-47-21-30(41)38-32(35(3,4)5)34(43)39-20-27(40)18-29(39)33(42)36-19-25-8-10-26(11-9-25)31-24(2)37-22-49-31/h6-13,22,27,29,32,40H,14-21H2,1-5H3,(H,36,42)(H,38,41)/t27-,29+,32-/m1/s1. The van der Waals surface area contributed by atoms with Crippen molar-refractivity contribution in [2.45, 2.75) is 70.7 Å². The SMILES string of the molecule is Cc1ccc(S(=O)(=O)OCCOCCOCC(=O)N[C@H](C(=O)N2C[C@H](O)C[C@H]2C(=O)NCc2ccc(-c3scnc3C)cc2)C(C)(C)C)cc1. The monoisotopic (exact) mass is 730 g/mol. The maximum Gasteiger partial charge on any atom is 0.297 e. The maximum atomic E-state index is 13.8. The van der Waals surface area contributed by atoms with Gasteiger partial charge in [0.2, 0.25) is 17.7 Å². The van der Waals surface area contributed by atoms with Crippen LogP contribution in [0.4, 0.5) is 0 Å². The fraction of sp³-hybridized carbons (Fsp3) is 0.486. The number of nitrogens with one attached hydrogen (secondary N) is 2. The van der Waals surface area contributed by atoms with E-state index in [1.165, 1.54) is 17.0 Å². The first kappa shape index (κ1) is 39.1. The van der Waals surface area contributed by atoms with Crippen LogP contribution >= 0.6 is 11.3 Å². The van der Waals surface area contributed by atoms with E-state index >= 15 is 0 Å². The highest BCUT2D eigenvalue weighted by Crippen LogP contribution is 2.28. The number of aromatic nitrogens is 1. The third kappa shape index (κ3) is 10.9. The molecule has 13 nitrogen and oxygen atoms in total. The van der Waals surface area contributed by atoms with Crippen molar-refractivity contribution in [2.24, 2.45) is 5.41 Å². The number of ether oxygens (including phenoxy) is 2. The molecule has 1 saturated heterocycles. The van der Waals surface area contributed by atoms with E-state index in [1.54, 1.807) is 49.8 Å². The van der Waals surface area contributed by atoms with Gasteiger partial charge in [-0.15, -0.1) is 11.3 Å². The van der Waals surface area contributed by atoms with Crippen LogP contribution in [-0.4, -0.2) is 98.9 Å². The molecule has 272 valence electrons. The van der Waals surface area contributed by atoms with Crippen molar-refractivity contribution in [1.82, 2.24) is 20.5 Å². The number of nitrogens with zero attached hydrogens (tertiary/aromatic N) is 2. The lowest BCUT2D eigenvalue weighted by atomic mass is 9.85. The predicted octanol–water partition coefficient (Wildman–Crippen LogP) is 2.97. The van der Waals surface area contributed by atoms with Crippen molar-refractivity contribution in [3.05, 3.63) is 70.9 Å². The molecule has 0 aliphatic carbocycles. The number of aryl methyl sites for hydroxylation is 2. The second-order valence-electron chi connectivity index (χ2n) is 13.2. The molecule has 3 aromatic rings. The van der Waals surface area contributed by atoms with Crippen molar-refractivity contribution in [3.8, 4) is 10.4 Å². The number of carbonyl (C=O) groups is 3. The molecule has 3 atom stereocenters. The van der Waals surface area contributed by atoms with E-state index in [2.05, 4.69) is 15.6 Å². The summed E-state index contributed by atoms with van der Waals surface area (Å²) in [7, 11) is -3.89. The molecule has 50 heavy (non-hydrogen) atoms. The van der Waals surface area contributed by atoms with Crippen LogP contribution in [0.15, 0.2) is 58.9 Å². The summed E-state index contributed by atoms with van der Waals surface area (Å²) in [6, 6.07) is 12.2. The minimum atomic E-state index is -3.89. The van der Waals surface area contributed by atoms with Gasteiger partial charge < -0.3 is 30.1 Å². The molecule has 1 aliphatic rings. The zero-order valence-electron chi connectivity index (χ0n) is 29.0. The van der Waals surface area contributed by atoms with E-state index in [1.807, 2.05) is 38.1 Å². The number of benzene rings is 2. The molecule has 0 radical (unpaired) electrons. The Balaban J connectivity index is 1.21. The van der Waals surface area contributed by atoms with Gasteiger partial charge in [0, 0.05) is 19.5 Å². The molecule has 2 aromatic carbocycles. The molecule has 2 heterocycles.